The van der Waals surface area contributed by atoms with E-state index in [9.17, 15) is 0 Å². The van der Waals surface area contributed by atoms with Gasteiger partial charge in [0.15, 0.2) is 0 Å². The van der Waals surface area contributed by atoms with E-state index in [0.29, 0.717) is 0 Å². The highest BCUT2D eigenvalue weighted by Crippen LogP contribution is 2.53. The number of hydrogen-bond donors (Lipinski definition) is 0. The molecule has 2 heteroatoms. The third kappa shape index (κ3) is 4.54. The maximum Gasteiger partial charge on any atom is 0.143 e. The van der Waals surface area contributed by atoms with Crippen molar-refractivity contribution in [1.82, 2.24) is 0 Å². The van der Waals surface area contributed by atoms with Crippen molar-refractivity contribution in [3.63, 3.8) is 0 Å². The number of furan rings is 1. The summed E-state index contributed by atoms with van der Waals surface area (Å²) in [4.78, 5) is 2.44. The van der Waals surface area contributed by atoms with Gasteiger partial charge in [-0.1, -0.05) is 155 Å². The van der Waals surface area contributed by atoms with Crippen molar-refractivity contribution in [1.29, 1.82) is 0 Å². The lowest BCUT2D eigenvalue weighted by Crippen LogP contribution is -2.18. The average Bonchev–Trinajstić information content (AvgIpc) is 3.81. The van der Waals surface area contributed by atoms with E-state index in [0.717, 1.165) is 44.6 Å². The van der Waals surface area contributed by atoms with Gasteiger partial charge in [-0.3, -0.25) is 0 Å². The van der Waals surface area contributed by atoms with Crippen molar-refractivity contribution in [3.8, 4) is 33.4 Å². The molecule has 9 aromatic carbocycles. The van der Waals surface area contributed by atoms with Crippen molar-refractivity contribution >= 4 is 60.5 Å². The van der Waals surface area contributed by atoms with Gasteiger partial charge in [-0.15, -0.1) is 0 Å². The molecule has 0 unspecified atom stereocenters. The van der Waals surface area contributed by atoms with Gasteiger partial charge in [-0.05, 0) is 114 Å². The molecular weight excluding hydrogens is 703 g/mol. The Morgan fingerprint density at radius 2 is 0.862 bits per heavy atom. The molecule has 0 saturated heterocycles. The second kappa shape index (κ2) is 11.8. The summed E-state index contributed by atoms with van der Waals surface area (Å²) in [5, 5.41) is 7.08. The van der Waals surface area contributed by atoms with Gasteiger partial charge < -0.3 is 9.32 Å². The van der Waals surface area contributed by atoms with E-state index in [1.54, 1.807) is 0 Å². The molecule has 2 aliphatic carbocycles. The van der Waals surface area contributed by atoms with Crippen LogP contribution in [0.15, 0.2) is 180 Å². The topological polar surface area (TPSA) is 16.4 Å². The lowest BCUT2D eigenvalue weighted by Gasteiger charge is -2.29. The fourth-order valence-electron chi connectivity index (χ4n) is 10.5. The fraction of sp³-hybridized carbons (Fsp3) is 0.107. The molecule has 276 valence electrons. The third-order valence-electron chi connectivity index (χ3n) is 13.4. The van der Waals surface area contributed by atoms with Gasteiger partial charge >= 0.3 is 0 Å². The Morgan fingerprint density at radius 1 is 0.362 bits per heavy atom. The van der Waals surface area contributed by atoms with Crippen LogP contribution in [0.5, 0.6) is 0 Å². The number of anilines is 3. The Bertz CT molecular complexity index is 3250. The Morgan fingerprint density at radius 3 is 1.53 bits per heavy atom. The van der Waals surface area contributed by atoms with Gasteiger partial charge in [0.1, 0.15) is 11.2 Å². The maximum absolute atomic E-state index is 7.13. The summed E-state index contributed by atoms with van der Waals surface area (Å²) in [5.41, 5.74) is 17.9. The van der Waals surface area contributed by atoms with Gasteiger partial charge in [0.05, 0.1) is 0 Å². The number of rotatable bonds is 4. The van der Waals surface area contributed by atoms with Crippen LogP contribution in [-0.2, 0) is 10.8 Å². The van der Waals surface area contributed by atoms with E-state index in [1.165, 1.54) is 71.6 Å². The second-order valence-corrected chi connectivity index (χ2v) is 17.3. The largest absolute Gasteiger partial charge is 0.455 e. The molecule has 2 nitrogen and oxygen atoms in total. The van der Waals surface area contributed by atoms with E-state index in [4.69, 9.17) is 4.42 Å². The minimum absolute atomic E-state index is 0.127. The first-order chi connectivity index (χ1) is 28.3. The van der Waals surface area contributed by atoms with Crippen LogP contribution in [0.1, 0.15) is 49.9 Å². The first-order valence-electron chi connectivity index (χ1n) is 20.4. The minimum Gasteiger partial charge on any atom is -0.455 e. The van der Waals surface area contributed by atoms with Crippen molar-refractivity contribution in [2.45, 2.75) is 38.5 Å². The highest BCUT2D eigenvalue weighted by molar-refractivity contribution is 6.21. The molecule has 12 rings (SSSR count). The number of hydrogen-bond acceptors (Lipinski definition) is 2. The summed E-state index contributed by atoms with van der Waals surface area (Å²) in [6.45, 7) is 9.44. The van der Waals surface area contributed by atoms with Gasteiger partial charge in [0.2, 0.25) is 0 Å². The maximum atomic E-state index is 7.13. The highest BCUT2D eigenvalue weighted by Gasteiger charge is 2.38. The number of benzene rings is 9. The minimum atomic E-state index is -0.127. The summed E-state index contributed by atoms with van der Waals surface area (Å²) >= 11 is 0. The SMILES string of the molecule is CC1(C)c2ccccc2-c2ccc(N(c3ccc4c(c3)C(C)(C)c3ccccc3-4)c3ccc4c(c3)oc3c(-c5cccc6ccccc56)c5ccccc5cc34)cc21. The van der Waals surface area contributed by atoms with Gasteiger partial charge in [-0.2, -0.15) is 0 Å². The van der Waals surface area contributed by atoms with Crippen LogP contribution >= 0.6 is 0 Å². The predicted octanol–water partition coefficient (Wildman–Crippen LogP) is 15.6. The molecule has 0 spiro atoms. The van der Waals surface area contributed by atoms with Crippen molar-refractivity contribution in [3.05, 3.63) is 198 Å². The molecule has 58 heavy (non-hydrogen) atoms. The normalized spacial score (nSPS) is 14.5. The quantitative estimate of drug-likeness (QED) is 0.178. The summed E-state index contributed by atoms with van der Waals surface area (Å²) < 4.78 is 7.13. The molecule has 2 aliphatic rings. The van der Waals surface area contributed by atoms with Crippen molar-refractivity contribution in [2.24, 2.45) is 0 Å². The Kier molecular flexibility index (Phi) is 6.78. The fourth-order valence-corrected chi connectivity index (χ4v) is 10.5. The summed E-state index contributed by atoms with van der Waals surface area (Å²) in [5.74, 6) is 0. The number of fused-ring (bicyclic) bond motifs is 11. The molecule has 0 amide bonds. The van der Waals surface area contributed by atoms with E-state index in [1.807, 2.05) is 0 Å². The molecule has 0 bridgehead atoms. The van der Waals surface area contributed by atoms with Crippen LogP contribution in [-0.4, -0.2) is 0 Å². The number of nitrogens with zero attached hydrogens (tertiary/aromatic N) is 1. The van der Waals surface area contributed by atoms with Gasteiger partial charge in [0, 0.05) is 50.3 Å². The second-order valence-electron chi connectivity index (χ2n) is 17.3. The third-order valence-corrected chi connectivity index (χ3v) is 13.4. The Hall–Kier alpha value is -6.90. The molecular formula is C56H41NO. The van der Waals surface area contributed by atoms with E-state index < -0.39 is 0 Å². The van der Waals surface area contributed by atoms with Crippen LogP contribution in [0, 0.1) is 0 Å². The zero-order valence-electron chi connectivity index (χ0n) is 33.1. The molecule has 10 aromatic rings. The summed E-state index contributed by atoms with van der Waals surface area (Å²) in [7, 11) is 0. The Balaban J connectivity index is 1.09. The van der Waals surface area contributed by atoms with Crippen LogP contribution in [0.25, 0.3) is 76.9 Å². The molecule has 0 N–H and O–H groups in total. The van der Waals surface area contributed by atoms with Crippen LogP contribution in [0.3, 0.4) is 0 Å². The molecule has 0 saturated carbocycles. The summed E-state index contributed by atoms with van der Waals surface area (Å²) in [6.07, 6.45) is 0. The van der Waals surface area contributed by atoms with Crippen molar-refractivity contribution in [2.75, 3.05) is 4.90 Å². The van der Waals surface area contributed by atoms with Gasteiger partial charge in [-0.25, -0.2) is 0 Å². The highest BCUT2D eigenvalue weighted by atomic mass is 16.3. The molecule has 1 aromatic heterocycles. The lowest BCUT2D eigenvalue weighted by atomic mass is 9.82. The molecule has 1 heterocycles. The van der Waals surface area contributed by atoms with Crippen molar-refractivity contribution < 1.29 is 4.42 Å². The lowest BCUT2D eigenvalue weighted by molar-refractivity contribution is 0.660. The zero-order chi connectivity index (χ0) is 38.9. The van der Waals surface area contributed by atoms with Crippen LogP contribution in [0.2, 0.25) is 0 Å². The monoisotopic (exact) mass is 743 g/mol. The first kappa shape index (κ1) is 33.3. The molecule has 0 aliphatic heterocycles. The summed E-state index contributed by atoms with van der Waals surface area (Å²) in [6, 6.07) is 65.0. The van der Waals surface area contributed by atoms with Crippen LogP contribution < -0.4 is 4.90 Å². The zero-order valence-corrected chi connectivity index (χ0v) is 33.1. The van der Waals surface area contributed by atoms with E-state index in [2.05, 4.69) is 209 Å². The molecule has 0 atom stereocenters. The van der Waals surface area contributed by atoms with E-state index in [-0.39, 0.29) is 10.8 Å². The predicted molar refractivity (Wildman–Crippen MR) is 244 cm³/mol. The molecule has 0 fully saturated rings. The van der Waals surface area contributed by atoms with Crippen LogP contribution in [0.4, 0.5) is 17.1 Å². The van der Waals surface area contributed by atoms with Gasteiger partial charge in [0.25, 0.3) is 0 Å². The smallest absolute Gasteiger partial charge is 0.143 e. The average molecular weight is 744 g/mol. The standard InChI is InChI=1S/C56H41NO/c1-55(2)48-22-11-9-19-41(48)43-27-24-36(31-50(43)55)57(37-25-28-44-42-20-10-12-23-49(42)56(3,4)51(44)32-37)38-26-29-45-47-30-35-15-6-8-18-40(35)53(54(47)58-52(45)33-38)46-21-13-16-34-14-5-7-17-39(34)46/h5-33H,1-4H3. The Labute approximate surface area is 338 Å². The van der Waals surface area contributed by atoms with E-state index >= 15 is 0 Å². The first-order valence-corrected chi connectivity index (χ1v) is 20.4. The molecule has 0 radical (unpaired) electrons.